The molecule has 0 spiro atoms. The molecule has 1 aromatic rings. The monoisotopic (exact) mass is 312 g/mol. The average Bonchev–Trinajstić information content (AvgIpc) is 2.44. The lowest BCUT2D eigenvalue weighted by Gasteiger charge is -2.15. The summed E-state index contributed by atoms with van der Waals surface area (Å²) in [7, 11) is -3.66. The van der Waals surface area contributed by atoms with Crippen LogP contribution in [-0.4, -0.2) is 37.5 Å². The molecule has 5 nitrogen and oxygen atoms in total. The molecule has 0 aliphatic carbocycles. The van der Waals surface area contributed by atoms with E-state index in [2.05, 4.69) is 0 Å². The van der Waals surface area contributed by atoms with Gasteiger partial charge in [0, 0.05) is 6.08 Å². The normalized spacial score (nSPS) is 14.8. The molecule has 0 saturated heterocycles. The molecule has 0 radical (unpaired) electrons. The first kappa shape index (κ1) is 17.4. The summed E-state index contributed by atoms with van der Waals surface area (Å²) < 4.78 is 29.8. The Hall–Kier alpha value is -1.66. The van der Waals surface area contributed by atoms with Crippen molar-refractivity contribution >= 4 is 15.8 Å². The minimum absolute atomic E-state index is 0.00708. The fourth-order valence-corrected chi connectivity index (χ4v) is 3.51. The van der Waals surface area contributed by atoms with Gasteiger partial charge in [0.25, 0.3) is 0 Å². The molecule has 1 N–H and O–H groups in total. The van der Waals surface area contributed by atoms with Gasteiger partial charge in [0.1, 0.15) is 0 Å². The number of ether oxygens (including phenoxy) is 1. The maximum absolute atomic E-state index is 12.5. The number of aliphatic hydroxyl groups excluding tert-OH is 1. The van der Waals surface area contributed by atoms with E-state index < -0.39 is 27.2 Å². The van der Waals surface area contributed by atoms with Crippen LogP contribution in [0, 0.1) is 0 Å². The van der Waals surface area contributed by atoms with Crippen molar-refractivity contribution in [1.82, 2.24) is 0 Å². The molecule has 2 unspecified atom stereocenters. The summed E-state index contributed by atoms with van der Waals surface area (Å²) in [5.41, 5.74) is 0. The molecule has 0 aliphatic heterocycles. The number of hydrogen-bond donors (Lipinski definition) is 1. The van der Waals surface area contributed by atoms with Gasteiger partial charge in [0.05, 0.1) is 22.9 Å². The highest BCUT2D eigenvalue weighted by molar-refractivity contribution is 7.92. The molecule has 0 aromatic heterocycles. The highest BCUT2D eigenvalue weighted by Gasteiger charge is 2.26. The number of carbonyl (C=O) groups excluding carboxylic acids is 1. The average molecular weight is 312 g/mol. The first-order chi connectivity index (χ1) is 9.87. The molecule has 0 fully saturated rings. The van der Waals surface area contributed by atoms with Crippen molar-refractivity contribution < 1.29 is 23.1 Å². The van der Waals surface area contributed by atoms with Crippen LogP contribution in [0.5, 0.6) is 0 Å². The fourth-order valence-electron chi connectivity index (χ4n) is 1.81. The predicted octanol–water partition coefficient (Wildman–Crippen LogP) is 1.72. The van der Waals surface area contributed by atoms with Crippen LogP contribution in [0.15, 0.2) is 47.4 Å². The lowest BCUT2D eigenvalue weighted by atomic mass is 10.2. The molecule has 0 amide bonds. The van der Waals surface area contributed by atoms with Crippen LogP contribution in [0.4, 0.5) is 0 Å². The number of carbonyl (C=O) groups is 1. The first-order valence-corrected chi connectivity index (χ1v) is 8.24. The van der Waals surface area contributed by atoms with Crippen LogP contribution >= 0.6 is 0 Å². The van der Waals surface area contributed by atoms with E-state index >= 15 is 0 Å². The highest BCUT2D eigenvalue weighted by Crippen LogP contribution is 2.20. The van der Waals surface area contributed by atoms with Crippen molar-refractivity contribution in [2.45, 2.75) is 36.5 Å². The van der Waals surface area contributed by atoms with Crippen LogP contribution < -0.4 is 0 Å². The van der Waals surface area contributed by atoms with Gasteiger partial charge in [0.2, 0.25) is 0 Å². The maximum Gasteiger partial charge on any atom is 0.330 e. The number of benzene rings is 1. The molecule has 2 atom stereocenters. The van der Waals surface area contributed by atoms with Crippen molar-refractivity contribution in [3.8, 4) is 0 Å². The van der Waals surface area contributed by atoms with Gasteiger partial charge in [-0.05, 0) is 32.4 Å². The molecule has 0 aliphatic rings. The molecular formula is C15H20O5S. The lowest BCUT2D eigenvalue weighted by molar-refractivity contribution is -0.137. The quantitative estimate of drug-likeness (QED) is 0.612. The van der Waals surface area contributed by atoms with Gasteiger partial charge >= 0.3 is 5.97 Å². The topological polar surface area (TPSA) is 80.7 Å². The van der Waals surface area contributed by atoms with Crippen LogP contribution in [0.2, 0.25) is 0 Å². The van der Waals surface area contributed by atoms with Gasteiger partial charge in [-0.1, -0.05) is 24.3 Å². The minimum Gasteiger partial charge on any atom is -0.463 e. The second-order valence-corrected chi connectivity index (χ2v) is 6.76. The molecule has 0 bridgehead atoms. The smallest absolute Gasteiger partial charge is 0.330 e. The zero-order chi connectivity index (χ0) is 15.9. The van der Waals surface area contributed by atoms with Crippen LogP contribution in [0.25, 0.3) is 0 Å². The number of hydrogen-bond acceptors (Lipinski definition) is 5. The molecule has 116 valence electrons. The second kappa shape index (κ2) is 7.95. The number of esters is 1. The van der Waals surface area contributed by atoms with E-state index in [-0.39, 0.29) is 17.9 Å². The van der Waals surface area contributed by atoms with Crippen LogP contribution in [-0.2, 0) is 19.4 Å². The summed E-state index contributed by atoms with van der Waals surface area (Å²) in [6.45, 7) is 3.39. The Labute approximate surface area is 125 Å². The number of sulfone groups is 1. The summed E-state index contributed by atoms with van der Waals surface area (Å²) in [5.74, 6) is -0.601. The molecule has 0 saturated carbocycles. The predicted molar refractivity (Wildman–Crippen MR) is 79.5 cm³/mol. The van der Waals surface area contributed by atoms with Crippen molar-refractivity contribution in [1.29, 1.82) is 0 Å². The van der Waals surface area contributed by atoms with E-state index in [4.69, 9.17) is 4.74 Å². The molecular weight excluding hydrogens is 292 g/mol. The van der Waals surface area contributed by atoms with Gasteiger partial charge in [-0.2, -0.15) is 0 Å². The molecule has 1 rings (SSSR count). The van der Waals surface area contributed by atoms with Gasteiger partial charge in [0.15, 0.2) is 9.84 Å². The second-order valence-electron chi connectivity index (χ2n) is 4.59. The Kier molecular flexibility index (Phi) is 6.58. The third-order valence-electron chi connectivity index (χ3n) is 2.78. The van der Waals surface area contributed by atoms with E-state index in [0.717, 1.165) is 6.08 Å². The maximum atomic E-state index is 12.5. The Morgan fingerprint density at radius 2 is 1.95 bits per heavy atom. The minimum atomic E-state index is -3.66. The van der Waals surface area contributed by atoms with E-state index in [1.807, 2.05) is 0 Å². The lowest BCUT2D eigenvalue weighted by Crippen LogP contribution is -2.24. The SMILES string of the molecule is CCOC(=O)/C=C/C(CC(C)O)S(=O)(=O)c1ccccc1. The summed E-state index contributed by atoms with van der Waals surface area (Å²) in [4.78, 5) is 11.5. The Morgan fingerprint density at radius 3 is 2.48 bits per heavy atom. The summed E-state index contributed by atoms with van der Waals surface area (Å²) in [5, 5.41) is 8.50. The van der Waals surface area contributed by atoms with Crippen molar-refractivity contribution in [2.75, 3.05) is 6.61 Å². The third-order valence-corrected chi connectivity index (χ3v) is 4.85. The molecule has 1 aromatic carbocycles. The van der Waals surface area contributed by atoms with Crippen LogP contribution in [0.3, 0.4) is 0 Å². The van der Waals surface area contributed by atoms with E-state index in [0.29, 0.717) is 0 Å². The van der Waals surface area contributed by atoms with Crippen molar-refractivity contribution in [3.05, 3.63) is 42.5 Å². The van der Waals surface area contributed by atoms with E-state index in [9.17, 15) is 18.3 Å². The number of rotatable bonds is 7. The van der Waals surface area contributed by atoms with Crippen molar-refractivity contribution in [3.63, 3.8) is 0 Å². The summed E-state index contributed by atoms with van der Waals surface area (Å²) in [6, 6.07) is 7.95. The Morgan fingerprint density at radius 1 is 1.33 bits per heavy atom. The van der Waals surface area contributed by atoms with Crippen LogP contribution in [0.1, 0.15) is 20.3 Å². The van der Waals surface area contributed by atoms with Gasteiger partial charge < -0.3 is 9.84 Å². The fraction of sp³-hybridized carbons (Fsp3) is 0.400. The van der Waals surface area contributed by atoms with Crippen molar-refractivity contribution in [2.24, 2.45) is 0 Å². The largest absolute Gasteiger partial charge is 0.463 e. The third kappa shape index (κ3) is 5.32. The molecule has 21 heavy (non-hydrogen) atoms. The van der Waals surface area contributed by atoms with Gasteiger partial charge in [-0.3, -0.25) is 0 Å². The van der Waals surface area contributed by atoms with Gasteiger partial charge in [-0.25, -0.2) is 13.2 Å². The standard InChI is InChI=1S/C15H20O5S/c1-3-20-15(17)10-9-14(11-12(2)16)21(18,19)13-7-5-4-6-8-13/h4-10,12,14,16H,3,11H2,1-2H3/b10-9+. The van der Waals surface area contributed by atoms with E-state index in [1.165, 1.54) is 25.1 Å². The Balaban J connectivity index is 3.05. The number of aliphatic hydroxyl groups is 1. The zero-order valence-corrected chi connectivity index (χ0v) is 12.9. The molecule has 0 heterocycles. The molecule has 6 heteroatoms. The first-order valence-electron chi connectivity index (χ1n) is 6.70. The summed E-state index contributed by atoms with van der Waals surface area (Å²) in [6.07, 6.45) is 1.57. The zero-order valence-electron chi connectivity index (χ0n) is 12.1. The highest BCUT2D eigenvalue weighted by atomic mass is 32.2. The van der Waals surface area contributed by atoms with E-state index in [1.54, 1.807) is 25.1 Å². The Bertz CT molecular complexity index is 575. The van der Waals surface area contributed by atoms with Gasteiger partial charge in [-0.15, -0.1) is 0 Å². The summed E-state index contributed by atoms with van der Waals surface area (Å²) >= 11 is 0.